The molecular formula is C14H27NO5S. The molecular weight excluding hydrogens is 294 g/mol. The molecule has 0 aromatic carbocycles. The van der Waals surface area contributed by atoms with Gasteiger partial charge in [0.1, 0.15) is 0 Å². The molecule has 1 rings (SSSR count). The second-order valence-electron chi connectivity index (χ2n) is 5.57. The molecule has 2 unspecified atom stereocenters. The van der Waals surface area contributed by atoms with Crippen LogP contribution in [0.5, 0.6) is 0 Å². The summed E-state index contributed by atoms with van der Waals surface area (Å²) in [6.07, 6.45) is 3.36. The molecule has 0 saturated carbocycles. The summed E-state index contributed by atoms with van der Waals surface area (Å²) >= 11 is 0. The van der Waals surface area contributed by atoms with Crippen LogP contribution >= 0.6 is 0 Å². The maximum Gasteiger partial charge on any atom is 0.306 e. The molecule has 0 amide bonds. The van der Waals surface area contributed by atoms with Crippen LogP contribution < -0.4 is 0 Å². The van der Waals surface area contributed by atoms with Crippen LogP contribution in [-0.4, -0.2) is 54.8 Å². The zero-order valence-corrected chi connectivity index (χ0v) is 13.8. The molecule has 0 aromatic heterocycles. The molecule has 1 fully saturated rings. The average Bonchev–Trinajstić information content (AvgIpc) is 2.62. The van der Waals surface area contributed by atoms with Crippen LogP contribution in [0.2, 0.25) is 0 Å². The number of ether oxygens (including phenoxy) is 1. The highest BCUT2D eigenvalue weighted by Crippen LogP contribution is 2.24. The summed E-state index contributed by atoms with van der Waals surface area (Å²) in [7, 11) is -3.49. The van der Waals surface area contributed by atoms with Gasteiger partial charge in [-0.05, 0) is 33.1 Å². The number of aliphatic hydroxyl groups is 1. The Morgan fingerprint density at radius 1 is 1.38 bits per heavy atom. The molecule has 1 N–H and O–H groups in total. The SMILES string of the molecule is CCOC(=O)CCS(=O)(=O)N1CCCCCC1CC(C)O. The van der Waals surface area contributed by atoms with E-state index in [9.17, 15) is 18.3 Å². The van der Waals surface area contributed by atoms with Crippen molar-refractivity contribution in [1.82, 2.24) is 4.31 Å². The number of sulfonamides is 1. The molecule has 0 radical (unpaired) electrons. The molecule has 1 aliphatic rings. The lowest BCUT2D eigenvalue weighted by molar-refractivity contribution is -0.142. The van der Waals surface area contributed by atoms with Crippen molar-refractivity contribution < 1.29 is 23.1 Å². The van der Waals surface area contributed by atoms with Crippen LogP contribution in [0, 0.1) is 0 Å². The van der Waals surface area contributed by atoms with Gasteiger partial charge >= 0.3 is 5.97 Å². The molecule has 0 aromatic rings. The quantitative estimate of drug-likeness (QED) is 0.714. The number of esters is 1. The fourth-order valence-electron chi connectivity index (χ4n) is 2.71. The van der Waals surface area contributed by atoms with Crippen molar-refractivity contribution in [3.63, 3.8) is 0 Å². The van der Waals surface area contributed by atoms with E-state index in [0.29, 0.717) is 13.0 Å². The molecule has 7 heteroatoms. The van der Waals surface area contributed by atoms with Crippen molar-refractivity contribution in [2.75, 3.05) is 18.9 Å². The summed E-state index contributed by atoms with van der Waals surface area (Å²) in [6, 6.07) is -0.167. The highest BCUT2D eigenvalue weighted by molar-refractivity contribution is 7.89. The van der Waals surface area contributed by atoms with Crippen molar-refractivity contribution in [2.45, 2.75) is 64.5 Å². The largest absolute Gasteiger partial charge is 0.466 e. The number of rotatable bonds is 7. The summed E-state index contributed by atoms with van der Waals surface area (Å²) < 4.78 is 31.2. The van der Waals surface area contributed by atoms with E-state index in [1.807, 2.05) is 0 Å². The highest BCUT2D eigenvalue weighted by atomic mass is 32.2. The fourth-order valence-corrected chi connectivity index (χ4v) is 4.42. The van der Waals surface area contributed by atoms with E-state index in [4.69, 9.17) is 4.74 Å². The highest BCUT2D eigenvalue weighted by Gasteiger charge is 2.32. The minimum atomic E-state index is -3.49. The summed E-state index contributed by atoms with van der Waals surface area (Å²) in [5.41, 5.74) is 0. The summed E-state index contributed by atoms with van der Waals surface area (Å²) in [5.74, 6) is -0.703. The van der Waals surface area contributed by atoms with Crippen molar-refractivity contribution >= 4 is 16.0 Å². The number of carbonyl (C=O) groups is 1. The summed E-state index contributed by atoms with van der Waals surface area (Å²) in [6.45, 7) is 4.10. The van der Waals surface area contributed by atoms with Crippen LogP contribution in [0.25, 0.3) is 0 Å². The van der Waals surface area contributed by atoms with Gasteiger partial charge in [0, 0.05) is 12.6 Å². The normalized spacial score (nSPS) is 22.5. The average molecular weight is 321 g/mol. The lowest BCUT2D eigenvalue weighted by atomic mass is 10.1. The smallest absolute Gasteiger partial charge is 0.306 e. The number of carbonyl (C=O) groups excluding carboxylic acids is 1. The number of nitrogens with zero attached hydrogens (tertiary/aromatic N) is 1. The minimum Gasteiger partial charge on any atom is -0.466 e. The molecule has 1 aliphatic heterocycles. The first kappa shape index (κ1) is 18.4. The summed E-state index contributed by atoms with van der Waals surface area (Å²) in [5, 5.41) is 9.57. The van der Waals surface area contributed by atoms with Crippen LogP contribution in [0.15, 0.2) is 0 Å². The lowest BCUT2D eigenvalue weighted by Crippen LogP contribution is -2.43. The Labute approximate surface area is 127 Å². The fraction of sp³-hybridized carbons (Fsp3) is 0.929. The third-order valence-electron chi connectivity index (χ3n) is 3.66. The van der Waals surface area contributed by atoms with Crippen LogP contribution in [0.4, 0.5) is 0 Å². The third-order valence-corrected chi connectivity index (χ3v) is 5.58. The minimum absolute atomic E-state index is 0.117. The summed E-state index contributed by atoms with van der Waals surface area (Å²) in [4.78, 5) is 11.4. The Hall–Kier alpha value is -0.660. The first-order valence-electron chi connectivity index (χ1n) is 7.70. The maximum atomic E-state index is 12.5. The van der Waals surface area contributed by atoms with Gasteiger partial charge in [0.05, 0.1) is 24.9 Å². The lowest BCUT2D eigenvalue weighted by Gasteiger charge is -2.30. The third kappa shape index (κ3) is 6.32. The van der Waals surface area contributed by atoms with Gasteiger partial charge in [0.15, 0.2) is 0 Å². The Morgan fingerprint density at radius 3 is 2.71 bits per heavy atom. The zero-order valence-electron chi connectivity index (χ0n) is 13.0. The van der Waals surface area contributed by atoms with Crippen molar-refractivity contribution in [3.05, 3.63) is 0 Å². The second-order valence-corrected chi connectivity index (χ2v) is 7.61. The van der Waals surface area contributed by atoms with Gasteiger partial charge in [-0.3, -0.25) is 4.79 Å². The van der Waals surface area contributed by atoms with Crippen molar-refractivity contribution in [2.24, 2.45) is 0 Å². The second kappa shape index (κ2) is 8.70. The van der Waals surface area contributed by atoms with Gasteiger partial charge in [-0.1, -0.05) is 12.8 Å². The zero-order chi connectivity index (χ0) is 15.9. The van der Waals surface area contributed by atoms with E-state index in [2.05, 4.69) is 0 Å². The monoisotopic (exact) mass is 321 g/mol. The van der Waals surface area contributed by atoms with Gasteiger partial charge in [-0.15, -0.1) is 0 Å². The standard InChI is InChI=1S/C14H27NO5S/c1-3-20-14(17)8-10-21(18,19)15-9-6-4-5-7-13(15)11-12(2)16/h12-13,16H,3-11H2,1-2H3. The van der Waals surface area contributed by atoms with E-state index in [1.165, 1.54) is 4.31 Å². The van der Waals surface area contributed by atoms with Crippen LogP contribution in [-0.2, 0) is 19.6 Å². The number of hydrogen-bond donors (Lipinski definition) is 1. The Bertz CT molecular complexity index is 421. The van der Waals surface area contributed by atoms with Crippen molar-refractivity contribution in [3.8, 4) is 0 Å². The first-order valence-corrected chi connectivity index (χ1v) is 9.31. The Balaban J connectivity index is 2.72. The maximum absolute atomic E-state index is 12.5. The predicted molar refractivity (Wildman–Crippen MR) is 80.3 cm³/mol. The van der Waals surface area contributed by atoms with Gasteiger partial charge in [0.2, 0.25) is 10.0 Å². The number of aliphatic hydroxyl groups excluding tert-OH is 1. The molecule has 6 nitrogen and oxygen atoms in total. The van der Waals surface area contributed by atoms with E-state index in [1.54, 1.807) is 13.8 Å². The molecule has 1 saturated heterocycles. The van der Waals surface area contributed by atoms with Gasteiger partial charge < -0.3 is 9.84 Å². The molecule has 124 valence electrons. The topological polar surface area (TPSA) is 83.9 Å². The molecule has 1 heterocycles. The Kier molecular flexibility index (Phi) is 7.62. The number of hydrogen-bond acceptors (Lipinski definition) is 5. The molecule has 0 aliphatic carbocycles. The molecule has 2 atom stereocenters. The van der Waals surface area contributed by atoms with E-state index >= 15 is 0 Å². The Morgan fingerprint density at radius 2 is 2.10 bits per heavy atom. The first-order chi connectivity index (χ1) is 9.86. The molecule has 0 bridgehead atoms. The van der Waals surface area contributed by atoms with Crippen LogP contribution in [0.3, 0.4) is 0 Å². The molecule has 21 heavy (non-hydrogen) atoms. The predicted octanol–water partition coefficient (Wildman–Crippen LogP) is 1.28. The van der Waals surface area contributed by atoms with Gasteiger partial charge in [-0.2, -0.15) is 4.31 Å². The van der Waals surface area contributed by atoms with Crippen molar-refractivity contribution in [1.29, 1.82) is 0 Å². The van der Waals surface area contributed by atoms with Gasteiger partial charge in [0.25, 0.3) is 0 Å². The van der Waals surface area contributed by atoms with E-state index in [-0.39, 0.29) is 24.8 Å². The van der Waals surface area contributed by atoms with Gasteiger partial charge in [-0.25, -0.2) is 8.42 Å². The molecule has 0 spiro atoms. The van der Waals surface area contributed by atoms with Crippen LogP contribution in [0.1, 0.15) is 52.4 Å². The van der Waals surface area contributed by atoms with E-state index in [0.717, 1.165) is 25.7 Å². The van der Waals surface area contributed by atoms with E-state index < -0.39 is 22.1 Å².